The first-order chi connectivity index (χ1) is 10.1. The van der Waals surface area contributed by atoms with E-state index in [-0.39, 0.29) is 0 Å². The van der Waals surface area contributed by atoms with Crippen molar-refractivity contribution in [3.8, 4) is 5.75 Å². The molecule has 2 saturated carbocycles. The zero-order chi connectivity index (χ0) is 14.6. The molecule has 0 radical (unpaired) electrons. The van der Waals surface area contributed by atoms with Crippen LogP contribution in [-0.2, 0) is 0 Å². The summed E-state index contributed by atoms with van der Waals surface area (Å²) in [5.41, 5.74) is 2.73. The van der Waals surface area contributed by atoms with Crippen molar-refractivity contribution in [2.24, 2.45) is 17.3 Å². The Hall–Kier alpha value is -1.31. The summed E-state index contributed by atoms with van der Waals surface area (Å²) in [4.78, 5) is 12.6. The largest absolute Gasteiger partial charge is 0.497 e. The number of fused-ring (bicyclic) bond motifs is 5. The third kappa shape index (κ3) is 1.88. The normalized spacial score (nSPS) is 37.6. The molecule has 0 bridgehead atoms. The predicted octanol–water partition coefficient (Wildman–Crippen LogP) is 4.58. The van der Waals surface area contributed by atoms with Crippen LogP contribution in [0.5, 0.6) is 5.75 Å². The molecular weight excluding hydrogens is 260 g/mol. The Bertz CT molecular complexity index is 591. The van der Waals surface area contributed by atoms with E-state index in [4.69, 9.17) is 4.74 Å². The van der Waals surface area contributed by atoms with E-state index in [1.807, 2.05) is 12.1 Å². The standard InChI is InChI=1S/C19H24O2/c1-19-8-3-4-17(19)15-11-18(20)16-10-12(21-2)5-6-13(16)14(15)7-9-19/h5-6,10,14-15,17H,3-4,7-9,11H2,1-2H3/t14?,15?,17?,19-/m0/s1. The fraction of sp³-hybridized carbons (Fsp3) is 0.632. The second-order valence-corrected chi connectivity index (χ2v) is 7.54. The molecule has 3 unspecified atom stereocenters. The van der Waals surface area contributed by atoms with Crippen LogP contribution in [0.15, 0.2) is 18.2 Å². The minimum Gasteiger partial charge on any atom is -0.497 e. The van der Waals surface area contributed by atoms with Gasteiger partial charge in [0.05, 0.1) is 7.11 Å². The predicted molar refractivity (Wildman–Crippen MR) is 82.9 cm³/mol. The summed E-state index contributed by atoms with van der Waals surface area (Å²) < 4.78 is 5.30. The van der Waals surface area contributed by atoms with E-state index in [1.165, 1.54) is 37.7 Å². The molecule has 3 aliphatic rings. The summed E-state index contributed by atoms with van der Waals surface area (Å²) in [6, 6.07) is 6.13. The lowest BCUT2D eigenvalue weighted by Gasteiger charge is -2.48. The van der Waals surface area contributed by atoms with E-state index in [9.17, 15) is 4.79 Å². The van der Waals surface area contributed by atoms with Gasteiger partial charge in [-0.15, -0.1) is 0 Å². The molecule has 0 N–H and O–H groups in total. The molecule has 3 aliphatic carbocycles. The van der Waals surface area contributed by atoms with Gasteiger partial charge < -0.3 is 4.74 Å². The Morgan fingerprint density at radius 1 is 1.24 bits per heavy atom. The van der Waals surface area contributed by atoms with Crippen LogP contribution in [0.1, 0.15) is 67.3 Å². The van der Waals surface area contributed by atoms with Gasteiger partial charge in [-0.1, -0.05) is 19.4 Å². The van der Waals surface area contributed by atoms with Gasteiger partial charge in [-0.2, -0.15) is 0 Å². The van der Waals surface area contributed by atoms with Crippen molar-refractivity contribution in [1.29, 1.82) is 0 Å². The van der Waals surface area contributed by atoms with Gasteiger partial charge in [-0.05, 0) is 66.5 Å². The van der Waals surface area contributed by atoms with Crippen LogP contribution in [0.2, 0.25) is 0 Å². The van der Waals surface area contributed by atoms with Gasteiger partial charge in [0.15, 0.2) is 5.78 Å². The molecular formula is C19H24O2. The van der Waals surface area contributed by atoms with E-state index < -0.39 is 0 Å². The van der Waals surface area contributed by atoms with E-state index in [0.717, 1.165) is 23.7 Å². The molecule has 2 heteroatoms. The molecule has 0 aliphatic heterocycles. The first-order valence-electron chi connectivity index (χ1n) is 8.33. The number of methoxy groups -OCH3 is 1. The molecule has 21 heavy (non-hydrogen) atoms. The maximum atomic E-state index is 12.6. The monoisotopic (exact) mass is 284 g/mol. The lowest BCUT2D eigenvalue weighted by molar-refractivity contribution is 0.0527. The van der Waals surface area contributed by atoms with Crippen LogP contribution >= 0.6 is 0 Å². The number of hydrogen-bond donors (Lipinski definition) is 0. The molecule has 0 heterocycles. The Balaban J connectivity index is 1.75. The van der Waals surface area contributed by atoms with Crippen LogP contribution in [-0.4, -0.2) is 12.9 Å². The van der Waals surface area contributed by atoms with Gasteiger partial charge in [-0.3, -0.25) is 4.79 Å². The molecule has 2 fully saturated rings. The number of hydrogen-bond acceptors (Lipinski definition) is 2. The number of carbonyl (C=O) groups excluding carboxylic acids is 1. The van der Waals surface area contributed by atoms with Gasteiger partial charge in [0.25, 0.3) is 0 Å². The second-order valence-electron chi connectivity index (χ2n) is 7.54. The highest BCUT2D eigenvalue weighted by Crippen LogP contribution is 2.60. The maximum Gasteiger partial charge on any atom is 0.163 e. The third-order valence-corrected chi connectivity index (χ3v) is 6.60. The summed E-state index contributed by atoms with van der Waals surface area (Å²) in [6.07, 6.45) is 7.39. The molecule has 1 aromatic carbocycles. The topological polar surface area (TPSA) is 26.3 Å². The van der Waals surface area contributed by atoms with Crippen molar-refractivity contribution in [1.82, 2.24) is 0 Å². The number of ketones is 1. The summed E-state index contributed by atoms with van der Waals surface area (Å²) >= 11 is 0. The maximum absolute atomic E-state index is 12.6. The second kappa shape index (κ2) is 4.59. The van der Waals surface area contributed by atoms with Crippen LogP contribution in [0, 0.1) is 17.3 Å². The van der Waals surface area contributed by atoms with Gasteiger partial charge in [-0.25, -0.2) is 0 Å². The summed E-state index contributed by atoms with van der Waals surface area (Å²) in [5, 5.41) is 0. The summed E-state index contributed by atoms with van der Waals surface area (Å²) in [7, 11) is 1.67. The fourth-order valence-corrected chi connectivity index (χ4v) is 5.50. The minimum absolute atomic E-state index is 0.335. The highest BCUT2D eigenvalue weighted by atomic mass is 16.5. The smallest absolute Gasteiger partial charge is 0.163 e. The van der Waals surface area contributed by atoms with E-state index in [1.54, 1.807) is 7.11 Å². The molecule has 4 atom stereocenters. The van der Waals surface area contributed by atoms with E-state index in [2.05, 4.69) is 13.0 Å². The average molecular weight is 284 g/mol. The lowest BCUT2D eigenvalue weighted by atomic mass is 9.55. The Morgan fingerprint density at radius 3 is 2.90 bits per heavy atom. The Kier molecular flexibility index (Phi) is 2.92. The number of Topliss-reactive ketones (excluding diaryl/α,β-unsaturated/α-hetero) is 1. The quantitative estimate of drug-likeness (QED) is 0.754. The molecule has 0 spiro atoms. The van der Waals surface area contributed by atoms with Gasteiger partial charge >= 0.3 is 0 Å². The highest BCUT2D eigenvalue weighted by molar-refractivity contribution is 5.99. The SMILES string of the molecule is COc1ccc2c(c1)C(=O)CC1C2CC[C@]2(C)CCCC12. The summed E-state index contributed by atoms with van der Waals surface area (Å²) in [5.74, 6) is 3.08. The lowest BCUT2D eigenvalue weighted by Crippen LogP contribution is -2.41. The number of carbonyl (C=O) groups is 1. The van der Waals surface area contributed by atoms with Crippen molar-refractivity contribution >= 4 is 5.78 Å². The van der Waals surface area contributed by atoms with Crippen molar-refractivity contribution in [3.05, 3.63) is 29.3 Å². The van der Waals surface area contributed by atoms with E-state index >= 15 is 0 Å². The van der Waals surface area contributed by atoms with Gasteiger partial charge in [0, 0.05) is 12.0 Å². The number of rotatable bonds is 1. The first-order valence-corrected chi connectivity index (χ1v) is 8.33. The molecule has 112 valence electrons. The van der Waals surface area contributed by atoms with Crippen molar-refractivity contribution < 1.29 is 9.53 Å². The fourth-order valence-electron chi connectivity index (χ4n) is 5.50. The summed E-state index contributed by atoms with van der Waals surface area (Å²) in [6.45, 7) is 2.47. The first kappa shape index (κ1) is 13.4. The Labute approximate surface area is 126 Å². The van der Waals surface area contributed by atoms with Crippen molar-refractivity contribution in [2.75, 3.05) is 7.11 Å². The molecule has 4 rings (SSSR count). The zero-order valence-corrected chi connectivity index (χ0v) is 13.0. The van der Waals surface area contributed by atoms with Crippen LogP contribution in [0.4, 0.5) is 0 Å². The van der Waals surface area contributed by atoms with E-state index in [0.29, 0.717) is 23.0 Å². The zero-order valence-electron chi connectivity index (χ0n) is 13.0. The Morgan fingerprint density at radius 2 is 2.10 bits per heavy atom. The minimum atomic E-state index is 0.335. The van der Waals surface area contributed by atoms with Crippen LogP contribution in [0.25, 0.3) is 0 Å². The van der Waals surface area contributed by atoms with Crippen molar-refractivity contribution in [2.45, 2.75) is 51.4 Å². The van der Waals surface area contributed by atoms with Gasteiger partial charge in [0.1, 0.15) is 5.75 Å². The van der Waals surface area contributed by atoms with Crippen LogP contribution in [0.3, 0.4) is 0 Å². The average Bonchev–Trinajstić information content (AvgIpc) is 2.89. The number of benzene rings is 1. The molecule has 0 amide bonds. The molecule has 0 aromatic heterocycles. The molecule has 1 aromatic rings. The third-order valence-electron chi connectivity index (χ3n) is 6.60. The highest BCUT2D eigenvalue weighted by Gasteiger charge is 2.51. The molecule has 0 saturated heterocycles. The van der Waals surface area contributed by atoms with Crippen LogP contribution < -0.4 is 4.74 Å². The van der Waals surface area contributed by atoms with Gasteiger partial charge in [0.2, 0.25) is 0 Å². The molecule has 2 nitrogen and oxygen atoms in total. The van der Waals surface area contributed by atoms with Crippen molar-refractivity contribution in [3.63, 3.8) is 0 Å². The number of ether oxygens (including phenoxy) is 1.